The van der Waals surface area contributed by atoms with E-state index in [1.54, 1.807) is 25.1 Å². The molecule has 0 saturated carbocycles. The molecule has 0 atom stereocenters. The summed E-state index contributed by atoms with van der Waals surface area (Å²) >= 11 is 0. The van der Waals surface area contributed by atoms with Gasteiger partial charge in [0.25, 0.3) is 5.69 Å². The summed E-state index contributed by atoms with van der Waals surface area (Å²) in [5.41, 5.74) is 6.99. The van der Waals surface area contributed by atoms with Crippen LogP contribution in [0, 0.1) is 17.0 Å². The van der Waals surface area contributed by atoms with Crippen molar-refractivity contribution in [3.63, 3.8) is 0 Å². The highest BCUT2D eigenvalue weighted by atomic mass is 16.6. The van der Waals surface area contributed by atoms with E-state index in [0.717, 1.165) is 11.8 Å². The number of nitro benzene ring substituents is 1. The van der Waals surface area contributed by atoms with Gasteiger partial charge in [-0.3, -0.25) is 10.1 Å². The molecule has 2 N–H and O–H groups in total. The van der Waals surface area contributed by atoms with E-state index in [1.165, 1.54) is 6.07 Å². The monoisotopic (exact) mass is 220 g/mol. The Morgan fingerprint density at radius 2 is 2.19 bits per heavy atom. The van der Waals surface area contributed by atoms with E-state index in [-0.39, 0.29) is 17.8 Å². The van der Waals surface area contributed by atoms with Gasteiger partial charge >= 0.3 is 0 Å². The summed E-state index contributed by atoms with van der Waals surface area (Å²) in [6.07, 6.45) is 4.24. The summed E-state index contributed by atoms with van der Waals surface area (Å²) in [5, 5.41) is 10.7. The minimum Gasteiger partial charge on any atom is -0.393 e. The first-order chi connectivity index (χ1) is 7.56. The minimum absolute atomic E-state index is 0.106. The number of nitrogen functional groups attached to an aromatic ring is 1. The van der Waals surface area contributed by atoms with Crippen LogP contribution in [0.4, 0.5) is 11.4 Å². The third kappa shape index (κ3) is 2.66. The van der Waals surface area contributed by atoms with Gasteiger partial charge in [-0.1, -0.05) is 12.2 Å². The Hall–Kier alpha value is -2.17. The Morgan fingerprint density at radius 3 is 2.75 bits per heavy atom. The Kier molecular flexibility index (Phi) is 3.77. The highest BCUT2D eigenvalue weighted by Gasteiger charge is 2.14. The van der Waals surface area contributed by atoms with Crippen molar-refractivity contribution < 1.29 is 9.72 Å². The molecule has 0 unspecified atom stereocenters. The van der Waals surface area contributed by atoms with E-state index in [4.69, 9.17) is 5.73 Å². The summed E-state index contributed by atoms with van der Waals surface area (Å²) in [6.45, 7) is 1.75. The highest BCUT2D eigenvalue weighted by molar-refractivity contribution is 5.74. The number of carbonyl (C=O) groups excluding carboxylic acids is 1. The summed E-state index contributed by atoms with van der Waals surface area (Å²) in [5.74, 6) is 0. The van der Waals surface area contributed by atoms with Crippen LogP contribution in [0.1, 0.15) is 17.5 Å². The number of anilines is 1. The van der Waals surface area contributed by atoms with Gasteiger partial charge in [-0.05, 0) is 18.6 Å². The van der Waals surface area contributed by atoms with Gasteiger partial charge in [0.2, 0.25) is 0 Å². The van der Waals surface area contributed by atoms with Crippen molar-refractivity contribution in [1.29, 1.82) is 0 Å². The zero-order valence-electron chi connectivity index (χ0n) is 8.84. The van der Waals surface area contributed by atoms with Gasteiger partial charge in [0.15, 0.2) is 0 Å². The van der Waals surface area contributed by atoms with E-state index in [0.29, 0.717) is 5.56 Å². The van der Waals surface area contributed by atoms with Gasteiger partial charge in [-0.25, -0.2) is 0 Å². The van der Waals surface area contributed by atoms with Crippen LogP contribution in [0.3, 0.4) is 0 Å². The molecule has 0 aliphatic carbocycles. The van der Waals surface area contributed by atoms with Crippen molar-refractivity contribution in [3.05, 3.63) is 39.4 Å². The highest BCUT2D eigenvalue weighted by Crippen LogP contribution is 2.27. The number of aldehydes is 1. The fraction of sp³-hybridized carbons (Fsp3) is 0.182. The minimum atomic E-state index is -0.514. The molecule has 0 aromatic heterocycles. The first kappa shape index (κ1) is 11.9. The molecule has 0 saturated heterocycles. The number of nitrogens with zero attached hydrogens (tertiary/aromatic N) is 1. The van der Waals surface area contributed by atoms with Crippen LogP contribution in [-0.2, 0) is 4.79 Å². The lowest BCUT2D eigenvalue weighted by atomic mass is 10.1. The molecule has 0 amide bonds. The second-order valence-corrected chi connectivity index (χ2v) is 3.35. The second kappa shape index (κ2) is 5.06. The molecule has 1 aromatic rings. The molecule has 0 bridgehead atoms. The number of hydrogen-bond acceptors (Lipinski definition) is 4. The van der Waals surface area contributed by atoms with E-state index in [9.17, 15) is 14.9 Å². The van der Waals surface area contributed by atoms with Gasteiger partial charge < -0.3 is 10.5 Å². The van der Waals surface area contributed by atoms with Gasteiger partial charge in [0.1, 0.15) is 12.0 Å². The molecule has 0 radical (unpaired) electrons. The number of nitrogens with two attached hydrogens (primary N) is 1. The normalized spacial score (nSPS) is 10.6. The lowest BCUT2D eigenvalue weighted by Gasteiger charge is -2.03. The Balaban J connectivity index is 3.18. The van der Waals surface area contributed by atoms with E-state index < -0.39 is 4.92 Å². The predicted octanol–water partition coefficient (Wildman–Crippen LogP) is 2.09. The number of hydrogen-bond donors (Lipinski definition) is 1. The van der Waals surface area contributed by atoms with Gasteiger partial charge in [-0.2, -0.15) is 0 Å². The van der Waals surface area contributed by atoms with E-state index >= 15 is 0 Å². The summed E-state index contributed by atoms with van der Waals surface area (Å²) < 4.78 is 0. The molecule has 5 heteroatoms. The number of aryl methyl sites for hydroxylation is 1. The van der Waals surface area contributed by atoms with Crippen molar-refractivity contribution in [1.82, 2.24) is 0 Å². The van der Waals surface area contributed by atoms with Gasteiger partial charge in [0.05, 0.1) is 4.92 Å². The van der Waals surface area contributed by atoms with Crippen LogP contribution in [0.25, 0.3) is 6.08 Å². The molecule has 5 nitrogen and oxygen atoms in total. The molecule has 16 heavy (non-hydrogen) atoms. The largest absolute Gasteiger partial charge is 0.393 e. The standard InChI is InChI=1S/C11H12N2O3/c1-8-6-9(4-2-3-5-14)11(12)10(7-8)13(15)16/h2,4-7H,3,12H2,1H3. The van der Waals surface area contributed by atoms with Crippen molar-refractivity contribution in [3.8, 4) is 0 Å². The molecule has 84 valence electrons. The van der Waals surface area contributed by atoms with E-state index in [1.807, 2.05) is 0 Å². The zero-order valence-corrected chi connectivity index (χ0v) is 8.84. The average molecular weight is 220 g/mol. The Bertz CT molecular complexity index is 453. The third-order valence-corrected chi connectivity index (χ3v) is 2.06. The molecule has 1 rings (SSSR count). The van der Waals surface area contributed by atoms with Crippen molar-refractivity contribution >= 4 is 23.7 Å². The van der Waals surface area contributed by atoms with Gasteiger partial charge in [0, 0.05) is 18.1 Å². The molecular formula is C11H12N2O3. The van der Waals surface area contributed by atoms with Crippen LogP contribution in [0.15, 0.2) is 18.2 Å². The Morgan fingerprint density at radius 1 is 1.50 bits per heavy atom. The van der Waals surface area contributed by atoms with Crippen molar-refractivity contribution in [2.75, 3.05) is 5.73 Å². The maximum atomic E-state index is 10.7. The average Bonchev–Trinajstić information content (AvgIpc) is 2.22. The lowest BCUT2D eigenvalue weighted by molar-refractivity contribution is -0.383. The van der Waals surface area contributed by atoms with Crippen molar-refractivity contribution in [2.45, 2.75) is 13.3 Å². The lowest BCUT2D eigenvalue weighted by Crippen LogP contribution is -1.98. The zero-order chi connectivity index (χ0) is 12.1. The first-order valence-corrected chi connectivity index (χ1v) is 4.71. The van der Waals surface area contributed by atoms with E-state index in [2.05, 4.69) is 0 Å². The first-order valence-electron chi connectivity index (χ1n) is 4.71. The summed E-state index contributed by atoms with van der Waals surface area (Å²) in [7, 11) is 0. The number of carbonyl (C=O) groups is 1. The molecular weight excluding hydrogens is 208 g/mol. The van der Waals surface area contributed by atoms with Gasteiger partial charge in [-0.15, -0.1) is 0 Å². The number of allylic oxidation sites excluding steroid dienone is 1. The smallest absolute Gasteiger partial charge is 0.292 e. The molecule has 1 aromatic carbocycles. The quantitative estimate of drug-likeness (QED) is 0.364. The molecule has 0 fully saturated rings. The van der Waals surface area contributed by atoms with Crippen LogP contribution < -0.4 is 5.73 Å². The number of rotatable bonds is 4. The summed E-state index contributed by atoms with van der Waals surface area (Å²) in [4.78, 5) is 20.3. The maximum Gasteiger partial charge on any atom is 0.292 e. The third-order valence-electron chi connectivity index (χ3n) is 2.06. The molecule has 0 spiro atoms. The number of nitro groups is 1. The molecule has 0 aliphatic rings. The molecule has 0 heterocycles. The number of benzene rings is 1. The SMILES string of the molecule is Cc1cc(C=CCC=O)c(N)c([N+](=O)[O-])c1. The molecule has 0 aliphatic heterocycles. The topological polar surface area (TPSA) is 86.2 Å². The van der Waals surface area contributed by atoms with Crippen molar-refractivity contribution in [2.24, 2.45) is 0 Å². The fourth-order valence-corrected chi connectivity index (χ4v) is 1.35. The second-order valence-electron chi connectivity index (χ2n) is 3.35. The fourth-order valence-electron chi connectivity index (χ4n) is 1.35. The van der Waals surface area contributed by atoms with Crippen LogP contribution >= 0.6 is 0 Å². The van der Waals surface area contributed by atoms with Crippen LogP contribution in [0.5, 0.6) is 0 Å². The Labute approximate surface area is 92.7 Å². The van der Waals surface area contributed by atoms with Crippen LogP contribution in [-0.4, -0.2) is 11.2 Å². The summed E-state index contributed by atoms with van der Waals surface area (Å²) in [6, 6.07) is 3.16. The predicted molar refractivity (Wildman–Crippen MR) is 62.0 cm³/mol. The maximum absolute atomic E-state index is 10.7. The van der Waals surface area contributed by atoms with Crippen LogP contribution in [0.2, 0.25) is 0 Å².